The lowest BCUT2D eigenvalue weighted by molar-refractivity contribution is -0.697. The van der Waals surface area contributed by atoms with E-state index in [1.165, 1.54) is 119 Å². The number of ether oxygens (including phenoxy) is 1. The summed E-state index contributed by atoms with van der Waals surface area (Å²) < 4.78 is 10.4. The Morgan fingerprint density at radius 2 is 1.03 bits per heavy atom. The molecule has 0 spiro atoms. The standard InChI is InChI=1S/C35H54N2OS/c1-2-3-4-5-6-9-12-15-23-36-25-18-34(19-26-36)35-20-27-37(28-21-35)24-16-13-10-7-8-11-14-17-29-38-31-33-22-30-39-32-33/h18-22,25-28,30,32H,2-17,23-24,29,31H2,1H3/q+2. The molecule has 4 heteroatoms. The van der Waals surface area contributed by atoms with Crippen LogP contribution in [0.25, 0.3) is 11.1 Å². The van der Waals surface area contributed by atoms with Gasteiger partial charge in [0, 0.05) is 43.7 Å². The maximum absolute atomic E-state index is 5.75. The van der Waals surface area contributed by atoms with Crippen molar-refractivity contribution in [2.24, 2.45) is 0 Å². The van der Waals surface area contributed by atoms with Gasteiger partial charge in [0.2, 0.25) is 0 Å². The Morgan fingerprint density at radius 3 is 1.49 bits per heavy atom. The van der Waals surface area contributed by atoms with Gasteiger partial charge in [0.25, 0.3) is 0 Å². The number of nitrogens with zero attached hydrogens (tertiary/aromatic N) is 2. The Hall–Kier alpha value is -2.04. The van der Waals surface area contributed by atoms with Gasteiger partial charge in [0.05, 0.1) is 6.61 Å². The summed E-state index contributed by atoms with van der Waals surface area (Å²) in [7, 11) is 0. The molecule has 3 rings (SSSR count). The zero-order chi connectivity index (χ0) is 27.2. The van der Waals surface area contributed by atoms with E-state index in [9.17, 15) is 0 Å². The van der Waals surface area contributed by atoms with Crippen molar-refractivity contribution in [1.29, 1.82) is 0 Å². The van der Waals surface area contributed by atoms with Crippen molar-refractivity contribution < 1.29 is 13.9 Å². The summed E-state index contributed by atoms with van der Waals surface area (Å²) >= 11 is 1.74. The molecule has 214 valence electrons. The van der Waals surface area contributed by atoms with Crippen LogP contribution in [0.2, 0.25) is 0 Å². The first-order chi connectivity index (χ1) is 19.3. The van der Waals surface area contributed by atoms with Gasteiger partial charge in [-0.2, -0.15) is 11.3 Å². The van der Waals surface area contributed by atoms with Crippen molar-refractivity contribution in [2.45, 2.75) is 129 Å². The van der Waals surface area contributed by atoms with Crippen molar-refractivity contribution in [1.82, 2.24) is 0 Å². The van der Waals surface area contributed by atoms with E-state index in [4.69, 9.17) is 4.74 Å². The van der Waals surface area contributed by atoms with Gasteiger partial charge in [-0.1, -0.05) is 77.6 Å². The van der Waals surface area contributed by atoms with Crippen molar-refractivity contribution >= 4 is 11.3 Å². The topological polar surface area (TPSA) is 17.0 Å². The largest absolute Gasteiger partial charge is 0.377 e. The van der Waals surface area contributed by atoms with E-state index >= 15 is 0 Å². The first-order valence-electron chi connectivity index (χ1n) is 15.9. The predicted octanol–water partition coefficient (Wildman–Crippen LogP) is 9.47. The number of pyridine rings is 2. The van der Waals surface area contributed by atoms with Crippen LogP contribution in [0.15, 0.2) is 65.9 Å². The van der Waals surface area contributed by atoms with E-state index in [1.54, 1.807) is 11.3 Å². The van der Waals surface area contributed by atoms with Gasteiger partial charge < -0.3 is 4.74 Å². The Bertz CT molecular complexity index is 953. The highest BCUT2D eigenvalue weighted by molar-refractivity contribution is 7.07. The lowest BCUT2D eigenvalue weighted by Crippen LogP contribution is -2.33. The van der Waals surface area contributed by atoms with Gasteiger partial charge in [-0.3, -0.25) is 0 Å². The monoisotopic (exact) mass is 550 g/mol. The average molecular weight is 551 g/mol. The average Bonchev–Trinajstić information content (AvgIpc) is 3.49. The number of aromatic nitrogens is 2. The Morgan fingerprint density at radius 1 is 0.564 bits per heavy atom. The third-order valence-corrected chi connectivity index (χ3v) is 8.42. The molecule has 0 saturated carbocycles. The number of unbranched alkanes of at least 4 members (excludes halogenated alkanes) is 14. The molecule has 0 N–H and O–H groups in total. The molecule has 0 saturated heterocycles. The van der Waals surface area contributed by atoms with Gasteiger partial charge in [0.1, 0.15) is 13.1 Å². The second-order valence-electron chi connectivity index (χ2n) is 11.1. The highest BCUT2D eigenvalue weighted by atomic mass is 32.1. The Kier molecular flexibility index (Phi) is 16.8. The summed E-state index contributed by atoms with van der Waals surface area (Å²) in [5.41, 5.74) is 3.92. The minimum absolute atomic E-state index is 0.774. The van der Waals surface area contributed by atoms with Crippen LogP contribution < -0.4 is 9.13 Å². The molecule has 3 nitrogen and oxygen atoms in total. The molecule has 0 atom stereocenters. The maximum Gasteiger partial charge on any atom is 0.169 e. The highest BCUT2D eigenvalue weighted by Gasteiger charge is 2.06. The van der Waals surface area contributed by atoms with Crippen LogP contribution in [-0.2, 0) is 24.4 Å². The number of hydrogen-bond acceptors (Lipinski definition) is 2. The molecule has 39 heavy (non-hydrogen) atoms. The van der Waals surface area contributed by atoms with E-state index in [2.05, 4.69) is 81.9 Å². The summed E-state index contributed by atoms with van der Waals surface area (Å²) in [5, 5.41) is 4.29. The number of aryl methyl sites for hydroxylation is 2. The summed E-state index contributed by atoms with van der Waals surface area (Å²) in [6.07, 6.45) is 30.5. The van der Waals surface area contributed by atoms with Crippen molar-refractivity contribution in [3.05, 3.63) is 71.4 Å². The molecule has 0 amide bonds. The Balaban J connectivity index is 1.17. The second kappa shape index (κ2) is 20.8. The summed E-state index contributed by atoms with van der Waals surface area (Å²) in [6.45, 7) is 6.21. The van der Waals surface area contributed by atoms with Crippen LogP contribution in [0.3, 0.4) is 0 Å². The molecule has 0 fully saturated rings. The van der Waals surface area contributed by atoms with Gasteiger partial charge in [-0.25, -0.2) is 9.13 Å². The first-order valence-corrected chi connectivity index (χ1v) is 16.9. The molecular weight excluding hydrogens is 496 g/mol. The quantitative estimate of drug-likeness (QED) is 0.0848. The van der Waals surface area contributed by atoms with Gasteiger partial charge in [-0.15, -0.1) is 0 Å². The lowest BCUT2D eigenvalue weighted by Gasteiger charge is -2.04. The van der Waals surface area contributed by atoms with Crippen LogP contribution in [0.4, 0.5) is 0 Å². The first kappa shape index (κ1) is 31.5. The molecule has 3 aromatic heterocycles. The van der Waals surface area contributed by atoms with Crippen LogP contribution in [-0.4, -0.2) is 6.61 Å². The van der Waals surface area contributed by atoms with Gasteiger partial charge in [0.15, 0.2) is 24.8 Å². The van der Waals surface area contributed by atoms with Gasteiger partial charge in [-0.05, 0) is 52.8 Å². The highest BCUT2D eigenvalue weighted by Crippen LogP contribution is 2.16. The minimum Gasteiger partial charge on any atom is -0.377 e. The van der Waals surface area contributed by atoms with E-state index in [1.807, 2.05) is 0 Å². The zero-order valence-electron chi connectivity index (χ0n) is 24.7. The van der Waals surface area contributed by atoms with Crippen LogP contribution in [0, 0.1) is 0 Å². The normalized spacial score (nSPS) is 11.3. The SMILES string of the molecule is CCCCCCCCCC[n+]1ccc(-c2cc[n+](CCCCCCCCCCOCc3ccsc3)cc2)cc1. The molecule has 0 aliphatic heterocycles. The third-order valence-electron chi connectivity index (χ3n) is 7.69. The fraction of sp³-hybridized carbons (Fsp3) is 0.600. The minimum atomic E-state index is 0.774. The number of thiophene rings is 1. The summed E-state index contributed by atoms with van der Waals surface area (Å²) in [4.78, 5) is 0. The van der Waals surface area contributed by atoms with E-state index in [0.29, 0.717) is 0 Å². The van der Waals surface area contributed by atoms with E-state index in [-0.39, 0.29) is 0 Å². The molecule has 0 aliphatic carbocycles. The summed E-state index contributed by atoms with van der Waals surface area (Å²) in [5.74, 6) is 0. The molecule has 0 radical (unpaired) electrons. The molecule has 0 aliphatic rings. The van der Waals surface area contributed by atoms with Gasteiger partial charge >= 0.3 is 0 Å². The van der Waals surface area contributed by atoms with Crippen molar-refractivity contribution in [3.63, 3.8) is 0 Å². The Labute approximate surface area is 243 Å². The number of hydrogen-bond donors (Lipinski definition) is 0. The fourth-order valence-corrected chi connectivity index (χ4v) is 5.80. The van der Waals surface area contributed by atoms with Crippen LogP contribution >= 0.6 is 11.3 Å². The smallest absolute Gasteiger partial charge is 0.169 e. The number of rotatable bonds is 23. The van der Waals surface area contributed by atoms with Crippen molar-refractivity contribution in [3.8, 4) is 11.1 Å². The van der Waals surface area contributed by atoms with Crippen molar-refractivity contribution in [2.75, 3.05) is 6.61 Å². The van der Waals surface area contributed by atoms with Crippen LogP contribution in [0.1, 0.15) is 115 Å². The lowest BCUT2D eigenvalue weighted by atomic mass is 10.1. The molecule has 0 bridgehead atoms. The molecular formula is C35H54N2OS+2. The van der Waals surface area contributed by atoms with Crippen LogP contribution in [0.5, 0.6) is 0 Å². The van der Waals surface area contributed by atoms with E-state index in [0.717, 1.165) is 26.3 Å². The fourth-order valence-electron chi connectivity index (χ4n) is 5.15. The molecule has 3 heterocycles. The molecule has 0 aromatic carbocycles. The zero-order valence-corrected chi connectivity index (χ0v) is 25.5. The summed E-state index contributed by atoms with van der Waals surface area (Å²) in [6, 6.07) is 11.2. The third kappa shape index (κ3) is 14.2. The predicted molar refractivity (Wildman–Crippen MR) is 166 cm³/mol. The van der Waals surface area contributed by atoms with E-state index < -0.39 is 0 Å². The molecule has 3 aromatic rings. The second-order valence-corrected chi connectivity index (χ2v) is 11.9. The molecule has 0 unspecified atom stereocenters. The maximum atomic E-state index is 5.75.